The Morgan fingerprint density at radius 1 is 1.22 bits per heavy atom. The van der Waals surface area contributed by atoms with E-state index in [0.717, 1.165) is 12.2 Å². The molecule has 0 bridgehead atoms. The summed E-state index contributed by atoms with van der Waals surface area (Å²) in [6.45, 7) is 5.34. The predicted molar refractivity (Wildman–Crippen MR) is 77.2 cm³/mol. The van der Waals surface area contributed by atoms with Crippen molar-refractivity contribution in [3.63, 3.8) is 0 Å². The highest BCUT2D eigenvalue weighted by Gasteiger charge is 2.24. The van der Waals surface area contributed by atoms with E-state index in [0.29, 0.717) is 17.9 Å². The highest BCUT2D eigenvalue weighted by atomic mass is 15.2. The molecule has 0 saturated carbocycles. The minimum Gasteiger partial charge on any atom is -0.386 e. The first-order valence-electron chi connectivity index (χ1n) is 6.80. The van der Waals surface area contributed by atoms with E-state index in [1.807, 2.05) is 30.3 Å². The quantitative estimate of drug-likeness (QED) is 0.657. The molecule has 1 aromatic carbocycles. The lowest BCUT2D eigenvalue weighted by molar-refractivity contribution is 0.123. The first kappa shape index (κ1) is 13.1. The van der Waals surface area contributed by atoms with Crippen LogP contribution in [0.5, 0.6) is 0 Å². The van der Waals surface area contributed by atoms with Crippen LogP contribution in [-0.4, -0.2) is 29.4 Å². The fourth-order valence-electron chi connectivity index (χ4n) is 2.68. The Labute approximate surface area is 110 Å². The van der Waals surface area contributed by atoms with Gasteiger partial charge in [-0.2, -0.15) is 0 Å². The molecule has 1 aliphatic rings. The fraction of sp³-hybridized carbons (Fsp3) is 0.533. The highest BCUT2D eigenvalue weighted by Crippen LogP contribution is 2.22. The number of hydrogen-bond acceptors (Lipinski definition) is 2. The molecular weight excluding hydrogens is 222 g/mol. The van der Waals surface area contributed by atoms with E-state index in [2.05, 4.69) is 23.7 Å². The van der Waals surface area contributed by atoms with Gasteiger partial charge in [0.15, 0.2) is 0 Å². The summed E-state index contributed by atoms with van der Waals surface area (Å²) in [5, 5.41) is 0. The van der Waals surface area contributed by atoms with E-state index in [-0.39, 0.29) is 0 Å². The molecule has 0 unspecified atom stereocenters. The van der Waals surface area contributed by atoms with Gasteiger partial charge in [0.2, 0.25) is 0 Å². The van der Waals surface area contributed by atoms with Crippen LogP contribution >= 0.6 is 0 Å². The molecular formula is C15H23N3. The molecule has 1 heterocycles. The van der Waals surface area contributed by atoms with Crippen molar-refractivity contribution in [1.82, 2.24) is 4.90 Å². The Hall–Kier alpha value is -1.35. The Morgan fingerprint density at radius 2 is 1.83 bits per heavy atom. The van der Waals surface area contributed by atoms with Gasteiger partial charge < -0.3 is 5.73 Å². The normalized spacial score (nSPS) is 26.2. The number of piperidine rings is 1. The Kier molecular flexibility index (Phi) is 4.37. The van der Waals surface area contributed by atoms with Gasteiger partial charge in [-0.15, -0.1) is 0 Å². The second-order valence-corrected chi connectivity index (χ2v) is 5.24. The number of nitrogens with zero attached hydrogens (tertiary/aromatic N) is 2. The van der Waals surface area contributed by atoms with E-state index in [1.165, 1.54) is 19.3 Å². The Balaban J connectivity index is 2.02. The van der Waals surface area contributed by atoms with Crippen molar-refractivity contribution < 1.29 is 0 Å². The van der Waals surface area contributed by atoms with Gasteiger partial charge in [0, 0.05) is 12.1 Å². The molecule has 0 amide bonds. The van der Waals surface area contributed by atoms with Crippen molar-refractivity contribution in [2.24, 2.45) is 10.7 Å². The number of benzene rings is 1. The van der Waals surface area contributed by atoms with E-state index in [1.54, 1.807) is 0 Å². The summed E-state index contributed by atoms with van der Waals surface area (Å²) >= 11 is 0. The van der Waals surface area contributed by atoms with Crippen LogP contribution < -0.4 is 5.73 Å². The van der Waals surface area contributed by atoms with Gasteiger partial charge in [-0.05, 0) is 38.8 Å². The van der Waals surface area contributed by atoms with E-state index in [9.17, 15) is 0 Å². The lowest BCUT2D eigenvalue weighted by Crippen LogP contribution is -2.47. The van der Waals surface area contributed by atoms with Gasteiger partial charge >= 0.3 is 0 Å². The van der Waals surface area contributed by atoms with Crippen LogP contribution in [0.1, 0.15) is 33.1 Å². The molecule has 3 nitrogen and oxygen atoms in total. The van der Waals surface area contributed by atoms with E-state index < -0.39 is 0 Å². The number of rotatable bonds is 3. The van der Waals surface area contributed by atoms with Crippen LogP contribution in [0.2, 0.25) is 0 Å². The highest BCUT2D eigenvalue weighted by molar-refractivity contribution is 5.85. The zero-order valence-corrected chi connectivity index (χ0v) is 11.3. The van der Waals surface area contributed by atoms with Crippen LogP contribution in [0, 0.1) is 0 Å². The molecule has 3 heteroatoms. The van der Waals surface area contributed by atoms with Crippen molar-refractivity contribution in [3.8, 4) is 0 Å². The largest absolute Gasteiger partial charge is 0.386 e. The predicted octanol–water partition coefficient (Wildman–Crippen LogP) is 2.94. The van der Waals surface area contributed by atoms with Crippen LogP contribution in [0.4, 0.5) is 5.69 Å². The third kappa shape index (κ3) is 3.33. The second-order valence-electron chi connectivity index (χ2n) is 5.24. The lowest BCUT2D eigenvalue weighted by Gasteiger charge is -2.38. The summed E-state index contributed by atoms with van der Waals surface area (Å²) < 4.78 is 0. The summed E-state index contributed by atoms with van der Waals surface area (Å²) in [6, 6.07) is 11.1. The van der Waals surface area contributed by atoms with Gasteiger partial charge in [-0.25, -0.2) is 4.99 Å². The maximum absolute atomic E-state index is 6.07. The molecule has 0 radical (unpaired) electrons. The number of para-hydroxylation sites is 1. The van der Waals surface area contributed by atoms with Crippen molar-refractivity contribution in [3.05, 3.63) is 30.3 Å². The van der Waals surface area contributed by atoms with Gasteiger partial charge in [0.1, 0.15) is 5.84 Å². The number of amidine groups is 1. The number of likely N-dealkylation sites (tertiary alicyclic amines) is 1. The summed E-state index contributed by atoms with van der Waals surface area (Å²) in [7, 11) is 0. The minimum absolute atomic E-state index is 0.610. The first-order valence-corrected chi connectivity index (χ1v) is 6.80. The lowest BCUT2D eigenvalue weighted by atomic mass is 9.97. The van der Waals surface area contributed by atoms with Gasteiger partial charge in [0.25, 0.3) is 0 Å². The molecule has 2 rings (SSSR count). The fourth-order valence-corrected chi connectivity index (χ4v) is 2.68. The van der Waals surface area contributed by atoms with E-state index >= 15 is 0 Å². The Morgan fingerprint density at radius 3 is 2.44 bits per heavy atom. The molecule has 0 aromatic heterocycles. The maximum Gasteiger partial charge on any atom is 0.114 e. The zero-order chi connectivity index (χ0) is 13.0. The molecule has 1 aromatic rings. The smallest absolute Gasteiger partial charge is 0.114 e. The van der Waals surface area contributed by atoms with Crippen molar-refractivity contribution in [2.75, 3.05) is 6.54 Å². The maximum atomic E-state index is 6.07. The average molecular weight is 245 g/mol. The summed E-state index contributed by atoms with van der Waals surface area (Å²) in [5.74, 6) is 0.710. The second kappa shape index (κ2) is 6.01. The van der Waals surface area contributed by atoms with Crippen molar-refractivity contribution >= 4 is 11.5 Å². The minimum atomic E-state index is 0.610. The summed E-state index contributed by atoms with van der Waals surface area (Å²) in [6.07, 6.45) is 3.86. The SMILES string of the molecule is C[C@@H]1CCC[C@H](C)N1CC(N)=Nc1ccccc1. The molecule has 1 fully saturated rings. The monoisotopic (exact) mass is 245 g/mol. The van der Waals surface area contributed by atoms with Crippen molar-refractivity contribution in [2.45, 2.75) is 45.2 Å². The van der Waals surface area contributed by atoms with Crippen LogP contribution in [0.25, 0.3) is 0 Å². The molecule has 2 N–H and O–H groups in total. The van der Waals surface area contributed by atoms with Gasteiger partial charge in [-0.3, -0.25) is 4.90 Å². The molecule has 0 aliphatic carbocycles. The Bertz CT molecular complexity index is 389. The summed E-state index contributed by atoms with van der Waals surface area (Å²) in [4.78, 5) is 6.94. The topological polar surface area (TPSA) is 41.6 Å². The number of aliphatic imine (C=N–C) groups is 1. The molecule has 0 spiro atoms. The van der Waals surface area contributed by atoms with Gasteiger partial charge in [0.05, 0.1) is 12.2 Å². The molecule has 1 aliphatic heterocycles. The third-order valence-corrected chi connectivity index (χ3v) is 3.75. The standard InChI is InChI=1S/C15H23N3/c1-12-7-6-8-13(2)18(12)11-15(16)17-14-9-4-3-5-10-14/h3-5,9-10,12-13H,6-8,11H2,1-2H3,(H2,16,17)/t12-,13+. The number of nitrogens with two attached hydrogens (primary N) is 1. The van der Waals surface area contributed by atoms with Crippen LogP contribution in [-0.2, 0) is 0 Å². The average Bonchev–Trinajstić information content (AvgIpc) is 2.35. The van der Waals surface area contributed by atoms with Crippen LogP contribution in [0.15, 0.2) is 35.3 Å². The third-order valence-electron chi connectivity index (χ3n) is 3.75. The summed E-state index contributed by atoms with van der Waals surface area (Å²) in [5.41, 5.74) is 7.01. The zero-order valence-electron chi connectivity index (χ0n) is 11.3. The molecule has 1 saturated heterocycles. The van der Waals surface area contributed by atoms with E-state index in [4.69, 9.17) is 5.73 Å². The molecule has 2 atom stereocenters. The molecule has 18 heavy (non-hydrogen) atoms. The number of hydrogen-bond donors (Lipinski definition) is 1. The van der Waals surface area contributed by atoms with Gasteiger partial charge in [-0.1, -0.05) is 24.6 Å². The van der Waals surface area contributed by atoms with Crippen molar-refractivity contribution in [1.29, 1.82) is 0 Å². The first-order chi connectivity index (χ1) is 8.66. The molecule has 98 valence electrons. The van der Waals surface area contributed by atoms with Crippen LogP contribution in [0.3, 0.4) is 0 Å².